The zero-order chi connectivity index (χ0) is 23.6. The fourth-order valence-corrected chi connectivity index (χ4v) is 5.51. The van der Waals surface area contributed by atoms with Gasteiger partial charge in [-0.3, -0.25) is 9.48 Å². The van der Waals surface area contributed by atoms with E-state index in [0.717, 1.165) is 45.1 Å². The second kappa shape index (κ2) is 7.69. The van der Waals surface area contributed by atoms with E-state index in [1.165, 1.54) is 0 Å². The molecule has 4 aromatic rings. The number of aromatic nitrogens is 2. The maximum Gasteiger partial charge on any atom is 0.307 e. The summed E-state index contributed by atoms with van der Waals surface area (Å²) in [5.41, 5.74) is 6.98. The number of ether oxygens (including phenoxy) is 1. The minimum absolute atomic E-state index is 0.0807. The molecule has 172 valence electrons. The Morgan fingerprint density at radius 1 is 1.15 bits per heavy atom. The Labute approximate surface area is 196 Å². The summed E-state index contributed by atoms with van der Waals surface area (Å²) in [6.45, 7) is 2.08. The summed E-state index contributed by atoms with van der Waals surface area (Å²) in [4.78, 5) is 11.2. The van der Waals surface area contributed by atoms with Crippen molar-refractivity contribution < 1.29 is 19.0 Å². The highest BCUT2D eigenvalue weighted by atomic mass is 19.1. The fraction of sp³-hybridized carbons (Fsp3) is 0.286. The highest BCUT2D eigenvalue weighted by Crippen LogP contribution is 2.48. The molecule has 0 amide bonds. The minimum Gasteiger partial charge on any atom is -0.486 e. The molecular weight excluding hydrogens is 431 g/mol. The third-order valence-corrected chi connectivity index (χ3v) is 7.39. The molecule has 1 N–H and O–H groups in total. The Balaban J connectivity index is 1.33. The molecule has 0 spiro atoms. The molecule has 2 aliphatic rings. The number of fused-ring (bicyclic) bond motifs is 2. The summed E-state index contributed by atoms with van der Waals surface area (Å²) in [5, 5.41) is 14.7. The first-order valence-electron chi connectivity index (χ1n) is 11.6. The molecule has 6 heteroatoms. The van der Waals surface area contributed by atoms with Crippen LogP contribution in [0, 0.1) is 18.7 Å². The molecule has 1 heterocycles. The molecule has 0 aliphatic heterocycles. The molecule has 5 nitrogen and oxygen atoms in total. The standard InChI is InChI=1S/C28H25FN2O3/c1-15-3-11-24-22(14-30-31(24)2)26(15)18-8-10-23(29)27-19(18)9-12-25(27)34-17-6-4-16(5-7-17)20-13-21(20)28(32)33/h3-8,10-11,14,20-21,25H,9,12-13H2,1-2H3,(H,32,33)/t20-,21+,25-/m1/s1. The zero-order valence-corrected chi connectivity index (χ0v) is 19.1. The highest BCUT2D eigenvalue weighted by molar-refractivity contribution is 5.97. The van der Waals surface area contributed by atoms with Gasteiger partial charge in [-0.2, -0.15) is 5.10 Å². The van der Waals surface area contributed by atoms with E-state index in [1.807, 2.05) is 48.3 Å². The van der Waals surface area contributed by atoms with Gasteiger partial charge in [0.05, 0.1) is 17.6 Å². The van der Waals surface area contributed by atoms with Crippen LogP contribution in [0.3, 0.4) is 0 Å². The third-order valence-electron chi connectivity index (χ3n) is 7.39. The number of benzene rings is 3. The van der Waals surface area contributed by atoms with Crippen molar-refractivity contribution in [3.8, 4) is 16.9 Å². The molecule has 1 aromatic heterocycles. The number of nitrogens with zero attached hydrogens (tertiary/aromatic N) is 2. The van der Waals surface area contributed by atoms with Gasteiger partial charge in [-0.05, 0) is 84.2 Å². The smallest absolute Gasteiger partial charge is 0.307 e. The lowest BCUT2D eigenvalue weighted by Gasteiger charge is -2.18. The Kier molecular flexibility index (Phi) is 4.73. The van der Waals surface area contributed by atoms with Gasteiger partial charge in [0, 0.05) is 18.0 Å². The van der Waals surface area contributed by atoms with Crippen LogP contribution in [0.25, 0.3) is 22.0 Å². The van der Waals surface area contributed by atoms with Gasteiger partial charge >= 0.3 is 5.97 Å². The minimum atomic E-state index is -0.739. The molecule has 0 bridgehead atoms. The molecular formula is C28H25FN2O3. The van der Waals surface area contributed by atoms with Gasteiger partial charge in [-0.15, -0.1) is 0 Å². The largest absolute Gasteiger partial charge is 0.486 e. The fourth-order valence-electron chi connectivity index (χ4n) is 5.51. The van der Waals surface area contributed by atoms with Crippen molar-refractivity contribution in [3.05, 3.63) is 82.8 Å². The van der Waals surface area contributed by atoms with E-state index in [0.29, 0.717) is 24.2 Å². The van der Waals surface area contributed by atoms with Gasteiger partial charge in [0.1, 0.15) is 17.7 Å². The number of aliphatic carboxylic acids is 1. The predicted molar refractivity (Wildman–Crippen MR) is 127 cm³/mol. The van der Waals surface area contributed by atoms with Crippen molar-refractivity contribution in [2.24, 2.45) is 13.0 Å². The van der Waals surface area contributed by atoms with E-state index in [9.17, 15) is 4.79 Å². The summed E-state index contributed by atoms with van der Waals surface area (Å²) in [6.07, 6.45) is 3.65. The first-order valence-corrected chi connectivity index (χ1v) is 11.6. The van der Waals surface area contributed by atoms with Crippen molar-refractivity contribution >= 4 is 16.9 Å². The Morgan fingerprint density at radius 3 is 2.68 bits per heavy atom. The summed E-state index contributed by atoms with van der Waals surface area (Å²) in [7, 11) is 1.93. The van der Waals surface area contributed by atoms with Crippen molar-refractivity contribution in [2.45, 2.75) is 38.2 Å². The second-order valence-electron chi connectivity index (χ2n) is 9.45. The van der Waals surface area contributed by atoms with E-state index in [1.54, 1.807) is 6.07 Å². The summed E-state index contributed by atoms with van der Waals surface area (Å²) in [6, 6.07) is 15.2. The lowest BCUT2D eigenvalue weighted by Crippen LogP contribution is -2.06. The topological polar surface area (TPSA) is 64.4 Å². The number of hydrogen-bond acceptors (Lipinski definition) is 3. The number of carboxylic acid groups (broad SMARTS) is 1. The van der Waals surface area contributed by atoms with E-state index < -0.39 is 5.97 Å². The molecule has 3 aromatic carbocycles. The summed E-state index contributed by atoms with van der Waals surface area (Å²) < 4.78 is 23.2. The van der Waals surface area contributed by atoms with E-state index in [4.69, 9.17) is 9.84 Å². The normalized spacial score (nSPS) is 21.0. The molecule has 2 aliphatic carbocycles. The van der Waals surface area contributed by atoms with Crippen molar-refractivity contribution in [1.29, 1.82) is 0 Å². The number of rotatable bonds is 5. The lowest BCUT2D eigenvalue weighted by molar-refractivity contribution is -0.138. The molecule has 0 unspecified atom stereocenters. The van der Waals surface area contributed by atoms with Crippen molar-refractivity contribution in [2.75, 3.05) is 0 Å². The number of carbonyl (C=O) groups is 1. The molecule has 3 atom stereocenters. The molecule has 0 saturated heterocycles. The van der Waals surface area contributed by atoms with Gasteiger partial charge in [-0.1, -0.05) is 24.3 Å². The zero-order valence-electron chi connectivity index (χ0n) is 19.1. The van der Waals surface area contributed by atoms with Gasteiger partial charge in [-0.25, -0.2) is 4.39 Å². The van der Waals surface area contributed by atoms with Gasteiger partial charge in [0.25, 0.3) is 0 Å². The quantitative estimate of drug-likeness (QED) is 0.404. The van der Waals surface area contributed by atoms with Gasteiger partial charge in [0.2, 0.25) is 0 Å². The summed E-state index contributed by atoms with van der Waals surface area (Å²) in [5.74, 6) is -0.511. The maximum absolute atomic E-state index is 15.1. The molecule has 6 rings (SSSR count). The molecule has 34 heavy (non-hydrogen) atoms. The second-order valence-corrected chi connectivity index (χ2v) is 9.45. The molecule has 1 fully saturated rings. The number of aryl methyl sites for hydroxylation is 2. The Bertz CT molecular complexity index is 1440. The Morgan fingerprint density at radius 2 is 1.94 bits per heavy atom. The SMILES string of the molecule is Cc1ccc2c(cnn2C)c1-c1ccc(F)c2c1CC[C@H]2Oc1ccc([C@H]2C[C@@H]2C(=O)O)cc1. The van der Waals surface area contributed by atoms with Gasteiger partial charge < -0.3 is 9.84 Å². The van der Waals surface area contributed by atoms with Crippen LogP contribution in [0.2, 0.25) is 0 Å². The van der Waals surface area contributed by atoms with Crippen LogP contribution in [-0.4, -0.2) is 20.9 Å². The van der Waals surface area contributed by atoms with Crippen LogP contribution >= 0.6 is 0 Å². The molecule has 0 radical (unpaired) electrons. The summed E-state index contributed by atoms with van der Waals surface area (Å²) >= 11 is 0. The van der Waals surface area contributed by atoms with Crippen LogP contribution < -0.4 is 4.74 Å². The van der Waals surface area contributed by atoms with Crippen LogP contribution in [0.5, 0.6) is 5.75 Å². The first kappa shape index (κ1) is 20.9. The lowest BCUT2D eigenvalue weighted by atomic mass is 9.91. The van der Waals surface area contributed by atoms with Crippen LogP contribution in [0.4, 0.5) is 4.39 Å². The van der Waals surface area contributed by atoms with E-state index in [-0.39, 0.29) is 23.8 Å². The number of hydrogen-bond donors (Lipinski definition) is 1. The van der Waals surface area contributed by atoms with Crippen LogP contribution in [0.1, 0.15) is 47.1 Å². The monoisotopic (exact) mass is 456 g/mol. The van der Waals surface area contributed by atoms with E-state index in [2.05, 4.69) is 24.2 Å². The van der Waals surface area contributed by atoms with Crippen molar-refractivity contribution in [1.82, 2.24) is 9.78 Å². The number of halogens is 1. The van der Waals surface area contributed by atoms with Crippen molar-refractivity contribution in [3.63, 3.8) is 0 Å². The Hall–Kier alpha value is -3.67. The molecule has 1 saturated carbocycles. The number of carboxylic acids is 1. The van der Waals surface area contributed by atoms with E-state index >= 15 is 4.39 Å². The van der Waals surface area contributed by atoms with Crippen LogP contribution in [-0.2, 0) is 18.3 Å². The third kappa shape index (κ3) is 3.28. The first-order chi connectivity index (χ1) is 16.4. The predicted octanol–water partition coefficient (Wildman–Crippen LogP) is 5.94. The average molecular weight is 457 g/mol. The van der Waals surface area contributed by atoms with Crippen LogP contribution in [0.15, 0.2) is 54.7 Å². The average Bonchev–Trinajstić information content (AvgIpc) is 3.40. The van der Waals surface area contributed by atoms with Gasteiger partial charge in [0.15, 0.2) is 0 Å². The maximum atomic E-state index is 15.1. The highest BCUT2D eigenvalue weighted by Gasteiger charge is 2.44.